The van der Waals surface area contributed by atoms with Gasteiger partial charge in [-0.25, -0.2) is 4.39 Å². The van der Waals surface area contributed by atoms with Crippen molar-refractivity contribution in [1.82, 2.24) is 5.32 Å². The number of ether oxygens (including phenoxy) is 1. The first-order valence-corrected chi connectivity index (χ1v) is 11.5. The predicted molar refractivity (Wildman–Crippen MR) is 132 cm³/mol. The number of ketones is 1. The summed E-state index contributed by atoms with van der Waals surface area (Å²) in [5, 5.41) is 6.02. The lowest BCUT2D eigenvalue weighted by atomic mass is 10.0. The zero-order valence-electron chi connectivity index (χ0n) is 19.0. The van der Waals surface area contributed by atoms with Crippen LogP contribution in [0.2, 0.25) is 0 Å². The van der Waals surface area contributed by atoms with Crippen LogP contribution in [0, 0.1) is 5.82 Å². The van der Waals surface area contributed by atoms with Crippen LogP contribution in [0.1, 0.15) is 26.2 Å². The maximum Gasteiger partial charge on any atom is 0.263 e. The molecule has 1 amide bonds. The summed E-state index contributed by atoms with van der Waals surface area (Å²) in [6.45, 7) is 4.47. The Bertz CT molecular complexity index is 1120. The highest BCUT2D eigenvalue weighted by Gasteiger charge is 2.40. The SMILES string of the molecule is CCN1C2=C(C(=O)Nc3ccc(OC[C@H]4CCCN4)c(F)c3)C(=O)CCN2c2ccccc21.Cl. The lowest BCUT2D eigenvalue weighted by Gasteiger charge is -2.30. The van der Waals surface area contributed by atoms with E-state index >= 15 is 0 Å². The normalized spacial score (nSPS) is 19.0. The molecule has 3 heterocycles. The Morgan fingerprint density at radius 2 is 2.03 bits per heavy atom. The summed E-state index contributed by atoms with van der Waals surface area (Å²) in [5.74, 6) is -0.559. The van der Waals surface area contributed by atoms with Crippen LogP contribution in [0.5, 0.6) is 5.75 Å². The molecule has 0 saturated carbocycles. The van der Waals surface area contributed by atoms with Gasteiger partial charge in [-0.1, -0.05) is 12.1 Å². The minimum atomic E-state index is -0.552. The van der Waals surface area contributed by atoms with Crippen LogP contribution < -0.4 is 25.2 Å². The highest BCUT2D eigenvalue weighted by Crippen LogP contribution is 2.44. The second kappa shape index (κ2) is 10.0. The number of hydrogen-bond donors (Lipinski definition) is 2. The van der Waals surface area contributed by atoms with E-state index in [1.54, 1.807) is 6.07 Å². The molecule has 0 aliphatic carbocycles. The standard InChI is InChI=1S/C25H27FN4O3.ClH/c1-2-29-19-7-3-4-8-20(19)30-13-11-21(31)23(25(29)30)24(32)28-16-9-10-22(18(26)14-16)33-15-17-6-5-12-27-17;/h3-4,7-10,14,17,27H,2,5-6,11-13,15H2,1H3,(H,28,32);1H/t17-;/m1./s1. The first-order chi connectivity index (χ1) is 16.1. The number of Topliss-reactive ketones (excluding diaryl/α,β-unsaturated/α-hetero) is 1. The summed E-state index contributed by atoms with van der Waals surface area (Å²) < 4.78 is 20.2. The third-order valence-corrected chi connectivity index (χ3v) is 6.38. The lowest BCUT2D eigenvalue weighted by Crippen LogP contribution is -2.40. The van der Waals surface area contributed by atoms with E-state index in [0.29, 0.717) is 25.5 Å². The van der Waals surface area contributed by atoms with Gasteiger partial charge in [-0.05, 0) is 50.6 Å². The number of nitrogens with one attached hydrogen (secondary N) is 2. The largest absolute Gasteiger partial charge is 0.489 e. The highest BCUT2D eigenvalue weighted by atomic mass is 35.5. The van der Waals surface area contributed by atoms with Crippen LogP contribution in [-0.2, 0) is 9.59 Å². The van der Waals surface area contributed by atoms with Gasteiger partial charge in [-0.3, -0.25) is 9.59 Å². The number of fused-ring (bicyclic) bond motifs is 3. The quantitative estimate of drug-likeness (QED) is 0.604. The fraction of sp³-hybridized carbons (Fsp3) is 0.360. The molecule has 180 valence electrons. The molecule has 1 atom stereocenters. The van der Waals surface area contributed by atoms with E-state index in [1.165, 1.54) is 12.1 Å². The van der Waals surface area contributed by atoms with Crippen LogP contribution >= 0.6 is 12.4 Å². The predicted octanol–water partition coefficient (Wildman–Crippen LogP) is 3.85. The number of anilines is 3. The van der Waals surface area contributed by atoms with E-state index in [1.807, 2.05) is 41.0 Å². The number of nitrogens with zero attached hydrogens (tertiary/aromatic N) is 2. The molecule has 0 bridgehead atoms. The molecule has 1 fully saturated rings. The average molecular weight is 487 g/mol. The van der Waals surface area contributed by atoms with Gasteiger partial charge in [0.05, 0.1) is 11.4 Å². The molecular weight excluding hydrogens is 459 g/mol. The van der Waals surface area contributed by atoms with E-state index in [2.05, 4.69) is 10.6 Å². The number of para-hydroxylation sites is 2. The van der Waals surface area contributed by atoms with E-state index < -0.39 is 11.7 Å². The minimum absolute atomic E-state index is 0. The van der Waals surface area contributed by atoms with Crippen LogP contribution in [0.4, 0.5) is 21.5 Å². The number of hydrogen-bond acceptors (Lipinski definition) is 6. The Labute approximate surface area is 204 Å². The number of rotatable bonds is 6. The highest BCUT2D eigenvalue weighted by molar-refractivity contribution is 6.25. The Morgan fingerprint density at radius 3 is 2.74 bits per heavy atom. The molecule has 3 aliphatic rings. The first kappa shape index (κ1) is 24.0. The number of carbonyl (C=O) groups excluding carboxylic acids is 2. The van der Waals surface area contributed by atoms with Crippen molar-refractivity contribution < 1.29 is 18.7 Å². The molecule has 0 unspecified atom stereocenters. The van der Waals surface area contributed by atoms with Crippen LogP contribution in [0.3, 0.4) is 0 Å². The van der Waals surface area contributed by atoms with Crippen molar-refractivity contribution >= 4 is 41.2 Å². The molecule has 0 aromatic heterocycles. The smallest absolute Gasteiger partial charge is 0.263 e. The summed E-state index contributed by atoms with van der Waals surface area (Å²) in [6, 6.07) is 12.4. The average Bonchev–Trinajstić information content (AvgIpc) is 3.44. The molecule has 3 aliphatic heterocycles. The van der Waals surface area contributed by atoms with Crippen molar-refractivity contribution in [2.75, 3.05) is 41.4 Å². The fourth-order valence-electron chi connectivity index (χ4n) is 4.78. The van der Waals surface area contributed by atoms with Gasteiger partial charge in [0.25, 0.3) is 5.91 Å². The maximum absolute atomic E-state index is 14.6. The molecule has 34 heavy (non-hydrogen) atoms. The van der Waals surface area contributed by atoms with Crippen molar-refractivity contribution in [2.24, 2.45) is 0 Å². The van der Waals surface area contributed by atoms with Crippen molar-refractivity contribution in [3.63, 3.8) is 0 Å². The van der Waals surface area contributed by atoms with Crippen LogP contribution in [-0.4, -0.2) is 44.0 Å². The molecule has 1 saturated heterocycles. The maximum atomic E-state index is 14.6. The zero-order chi connectivity index (χ0) is 22.9. The lowest BCUT2D eigenvalue weighted by molar-refractivity contribution is -0.120. The third kappa shape index (κ3) is 4.35. The summed E-state index contributed by atoms with van der Waals surface area (Å²) in [6.07, 6.45) is 2.35. The molecule has 2 aromatic rings. The van der Waals surface area contributed by atoms with Crippen molar-refractivity contribution in [3.05, 3.63) is 59.7 Å². The van der Waals surface area contributed by atoms with Gasteiger partial charge in [-0.15, -0.1) is 12.4 Å². The third-order valence-electron chi connectivity index (χ3n) is 6.38. The molecule has 2 N–H and O–H groups in total. The van der Waals surface area contributed by atoms with Crippen LogP contribution in [0.25, 0.3) is 0 Å². The van der Waals surface area contributed by atoms with Crippen LogP contribution in [0.15, 0.2) is 53.9 Å². The van der Waals surface area contributed by atoms with Gasteiger partial charge >= 0.3 is 0 Å². The van der Waals surface area contributed by atoms with E-state index in [9.17, 15) is 14.0 Å². The number of carbonyl (C=O) groups is 2. The molecule has 0 radical (unpaired) electrons. The molecule has 9 heteroatoms. The summed E-state index contributed by atoms with van der Waals surface area (Å²) in [4.78, 5) is 30.1. The first-order valence-electron chi connectivity index (χ1n) is 11.5. The Kier molecular flexibility index (Phi) is 7.09. The minimum Gasteiger partial charge on any atom is -0.489 e. The summed E-state index contributed by atoms with van der Waals surface area (Å²) in [7, 11) is 0. The Morgan fingerprint density at radius 1 is 1.24 bits per heavy atom. The van der Waals surface area contributed by atoms with E-state index in [-0.39, 0.29) is 47.7 Å². The molecule has 0 spiro atoms. The Hall–Kier alpha value is -3.10. The van der Waals surface area contributed by atoms with Gasteiger partial charge in [0.15, 0.2) is 17.3 Å². The van der Waals surface area contributed by atoms with Gasteiger partial charge in [0, 0.05) is 37.3 Å². The van der Waals surface area contributed by atoms with E-state index in [0.717, 1.165) is 30.8 Å². The molecule has 5 rings (SSSR count). The summed E-state index contributed by atoms with van der Waals surface area (Å²) >= 11 is 0. The zero-order valence-corrected chi connectivity index (χ0v) is 19.8. The number of benzene rings is 2. The fourth-order valence-corrected chi connectivity index (χ4v) is 4.78. The Balaban J connectivity index is 0.00000274. The molecule has 7 nitrogen and oxygen atoms in total. The summed E-state index contributed by atoms with van der Waals surface area (Å²) in [5.41, 5.74) is 2.34. The van der Waals surface area contributed by atoms with Gasteiger partial charge in [0.2, 0.25) is 0 Å². The van der Waals surface area contributed by atoms with Crippen molar-refractivity contribution in [1.29, 1.82) is 0 Å². The van der Waals surface area contributed by atoms with Crippen molar-refractivity contribution in [2.45, 2.75) is 32.2 Å². The number of halogens is 2. The molecule has 2 aromatic carbocycles. The van der Waals surface area contributed by atoms with Crippen molar-refractivity contribution in [3.8, 4) is 5.75 Å². The topological polar surface area (TPSA) is 73.9 Å². The number of amides is 1. The second-order valence-corrected chi connectivity index (χ2v) is 8.46. The second-order valence-electron chi connectivity index (χ2n) is 8.46. The molecular formula is C25H28ClFN4O3. The van der Waals surface area contributed by atoms with Gasteiger partial charge in [-0.2, -0.15) is 0 Å². The van der Waals surface area contributed by atoms with E-state index in [4.69, 9.17) is 4.74 Å². The van der Waals surface area contributed by atoms with Gasteiger partial charge in [0.1, 0.15) is 18.0 Å². The monoisotopic (exact) mass is 486 g/mol. The van der Waals surface area contributed by atoms with Gasteiger partial charge < -0.3 is 25.2 Å².